The zero-order valence-electron chi connectivity index (χ0n) is 50.1. The number of ketones is 2. The molecule has 4 aromatic rings. The van der Waals surface area contributed by atoms with Crippen LogP contribution in [0.3, 0.4) is 0 Å². The summed E-state index contributed by atoms with van der Waals surface area (Å²) in [5.41, 5.74) is 1.39. The number of esters is 4. The molecule has 0 spiro atoms. The number of carbonyl (C=O) groups is 6. The molecule has 0 N–H and O–H groups in total. The first kappa shape index (κ1) is 61.0. The highest BCUT2D eigenvalue weighted by Gasteiger charge is 2.64. The van der Waals surface area contributed by atoms with Gasteiger partial charge in [-0.15, -0.1) is 0 Å². The minimum Gasteiger partial charge on any atom is -0.459 e. The maximum absolute atomic E-state index is 14.4. The quantitative estimate of drug-likeness (QED) is 0.0492. The smallest absolute Gasteiger partial charge is 0.338 e. The Bertz CT molecular complexity index is 2920. The van der Waals surface area contributed by atoms with Gasteiger partial charge in [0.25, 0.3) is 0 Å². The molecule has 84 heavy (non-hydrogen) atoms. The molecular weight excluding hydrogens is 1060 g/mol. The first-order valence-corrected chi connectivity index (χ1v) is 31.0. The average molecular weight is 1150 g/mol. The second-order valence-corrected chi connectivity index (χ2v) is 26.1. The van der Waals surface area contributed by atoms with Crippen molar-refractivity contribution in [2.24, 2.45) is 70.0 Å². The Balaban J connectivity index is 0.751. The topological polar surface area (TPSA) is 176 Å². The second-order valence-electron chi connectivity index (χ2n) is 26.1. The fourth-order valence-electron chi connectivity index (χ4n) is 15.8. The van der Waals surface area contributed by atoms with Crippen molar-refractivity contribution < 1.29 is 66.7 Å². The summed E-state index contributed by atoms with van der Waals surface area (Å²) in [6, 6.07) is 35.2. The molecule has 450 valence electrons. The Kier molecular flexibility index (Phi) is 19.1. The zero-order chi connectivity index (χ0) is 59.5. The zero-order valence-corrected chi connectivity index (χ0v) is 50.1. The van der Waals surface area contributed by atoms with Gasteiger partial charge in [-0.3, -0.25) is 9.59 Å². The number of benzene rings is 4. The van der Waals surface area contributed by atoms with Gasteiger partial charge in [0.2, 0.25) is 0 Å². The summed E-state index contributed by atoms with van der Waals surface area (Å²) in [5, 5.41) is 0. The van der Waals surface area contributed by atoms with Crippen LogP contribution in [0.4, 0.5) is 0 Å². The number of fused-ring (bicyclic) bond motifs is 5. The molecule has 2 heterocycles. The van der Waals surface area contributed by atoms with Gasteiger partial charge in [0, 0.05) is 36.5 Å². The molecule has 6 fully saturated rings. The third-order valence-corrected chi connectivity index (χ3v) is 21.2. The molecule has 12 unspecified atom stereocenters. The van der Waals surface area contributed by atoms with E-state index >= 15 is 0 Å². The molecule has 6 aliphatic rings. The van der Waals surface area contributed by atoms with Crippen LogP contribution >= 0.6 is 0 Å². The largest absolute Gasteiger partial charge is 0.459 e. The van der Waals surface area contributed by atoms with Gasteiger partial charge in [-0.2, -0.15) is 0 Å². The molecule has 0 aromatic heterocycles. The van der Waals surface area contributed by atoms with Gasteiger partial charge >= 0.3 is 23.9 Å². The van der Waals surface area contributed by atoms with E-state index < -0.39 is 72.9 Å². The van der Waals surface area contributed by atoms with E-state index in [0.717, 1.165) is 44.9 Å². The number of hydrogen-bond acceptors (Lipinski definition) is 14. The highest BCUT2D eigenvalue weighted by molar-refractivity contribution is 5.93. The highest BCUT2D eigenvalue weighted by Crippen LogP contribution is 2.68. The molecule has 4 saturated carbocycles. The van der Waals surface area contributed by atoms with Crippen LogP contribution in [0, 0.1) is 70.0 Å². The molecule has 14 heteroatoms. The Morgan fingerprint density at radius 2 is 1.12 bits per heavy atom. The van der Waals surface area contributed by atoms with E-state index in [2.05, 4.69) is 13.8 Å². The summed E-state index contributed by atoms with van der Waals surface area (Å²) in [7, 11) is 0. The molecule has 4 aliphatic carbocycles. The third kappa shape index (κ3) is 12.9. The van der Waals surface area contributed by atoms with Gasteiger partial charge in [-0.1, -0.05) is 121 Å². The number of Topliss-reactive ketones (excluding diaryl/α,β-unsaturated/α-hetero) is 2. The van der Waals surface area contributed by atoms with Crippen LogP contribution in [0.25, 0.3) is 0 Å². The van der Waals surface area contributed by atoms with Crippen molar-refractivity contribution in [3.05, 3.63) is 144 Å². The first-order valence-electron chi connectivity index (χ1n) is 31.0. The fourth-order valence-corrected chi connectivity index (χ4v) is 15.8. The molecule has 0 radical (unpaired) electrons. The van der Waals surface area contributed by atoms with Gasteiger partial charge < -0.3 is 37.9 Å². The minimum atomic E-state index is -1.08. The molecule has 0 amide bonds. The Labute approximate surface area is 495 Å². The first-order chi connectivity index (χ1) is 40.3. The normalized spacial score (nSPS) is 35.2. The minimum absolute atomic E-state index is 0.0339. The average Bonchev–Trinajstić information content (AvgIpc) is 1.58. The Morgan fingerprint density at radius 3 is 1.70 bits per heavy atom. The maximum atomic E-state index is 14.4. The van der Waals surface area contributed by atoms with Crippen LogP contribution in [0.15, 0.2) is 121 Å². The van der Waals surface area contributed by atoms with E-state index in [-0.39, 0.29) is 83.6 Å². The Hall–Kier alpha value is -6.06. The molecular formula is C70H86O14. The fraction of sp³-hybridized carbons (Fsp3) is 0.571. The lowest BCUT2D eigenvalue weighted by Gasteiger charge is -2.61. The van der Waals surface area contributed by atoms with Crippen molar-refractivity contribution in [2.75, 3.05) is 13.2 Å². The van der Waals surface area contributed by atoms with E-state index in [0.29, 0.717) is 52.8 Å². The second kappa shape index (κ2) is 26.3. The SMILES string of the molecule is CC1O[C@@H](OC[C@@H](C)CCC(=O)[C@@H](C)C2C(=O)CC3C4CCC5CC(O[C@@H]6OC(COC(=O)c7ccccc7)[C@H](C)[C@H](C)C6OC(=O)c6ccccc6)CCC5(C)C4CCC32C)C(OC(=O)c2ccccc2)[C@@H](OC(=O)c2ccccc2)[C@@H]1C. The van der Waals surface area contributed by atoms with Gasteiger partial charge in [0.1, 0.15) is 24.3 Å². The number of carbonyl (C=O) groups excluding carboxylic acids is 6. The summed E-state index contributed by atoms with van der Waals surface area (Å²) in [5.74, 6) is -1.80. The molecule has 0 bridgehead atoms. The lowest BCUT2D eigenvalue weighted by Crippen LogP contribution is -2.57. The summed E-state index contributed by atoms with van der Waals surface area (Å²) >= 11 is 0. The van der Waals surface area contributed by atoms with Crippen molar-refractivity contribution >= 4 is 35.4 Å². The van der Waals surface area contributed by atoms with Crippen LogP contribution in [-0.2, 0) is 47.5 Å². The number of ether oxygens (including phenoxy) is 8. The predicted octanol–water partition coefficient (Wildman–Crippen LogP) is 12.8. The lowest BCUT2D eigenvalue weighted by atomic mass is 9.44. The monoisotopic (exact) mass is 1150 g/mol. The van der Waals surface area contributed by atoms with Gasteiger partial charge in [-0.05, 0) is 153 Å². The van der Waals surface area contributed by atoms with E-state index in [4.69, 9.17) is 37.9 Å². The standard InChI is InChI=1S/C70H86O14/c1-41(39-78-67-62(84-66(76)50-27-19-12-20-28-50)60(44(4)46(6)79-67)82-64(74)48-23-15-10-16-24-48)29-32-56(71)45(5)59-57(72)38-55-53-31-30-51-37-52(33-35-69(51,7)54(53)34-36-70(55,59)8)80-68-61(83-65(75)49-25-17-11-18-26-49)43(3)42(2)58(81-68)40-77-63(73)47-21-13-9-14-22-47/h9-28,41-46,51-55,58-62,67-68H,29-40H2,1-8H3/t41-,42+,43-,44+,45+,46?,51?,52?,53?,54?,55?,58?,59?,60-,61?,62?,67+,68+,69?,70?/m0/s1. The summed E-state index contributed by atoms with van der Waals surface area (Å²) < 4.78 is 50.8. The van der Waals surface area contributed by atoms with Crippen molar-refractivity contribution in [2.45, 2.75) is 169 Å². The highest BCUT2D eigenvalue weighted by atomic mass is 16.7. The van der Waals surface area contributed by atoms with Crippen LogP contribution in [0.2, 0.25) is 0 Å². The molecule has 4 aromatic carbocycles. The van der Waals surface area contributed by atoms with Crippen molar-refractivity contribution in [3.63, 3.8) is 0 Å². The lowest BCUT2D eigenvalue weighted by molar-refractivity contribution is -0.294. The molecule has 10 rings (SSSR count). The maximum Gasteiger partial charge on any atom is 0.338 e. The molecule has 2 saturated heterocycles. The van der Waals surface area contributed by atoms with Crippen molar-refractivity contribution in [3.8, 4) is 0 Å². The van der Waals surface area contributed by atoms with E-state index in [1.807, 2.05) is 77.9 Å². The van der Waals surface area contributed by atoms with Crippen molar-refractivity contribution in [1.82, 2.24) is 0 Å². The third-order valence-electron chi connectivity index (χ3n) is 21.2. The van der Waals surface area contributed by atoms with Crippen molar-refractivity contribution in [1.29, 1.82) is 0 Å². The Morgan fingerprint density at radius 1 is 0.583 bits per heavy atom. The van der Waals surface area contributed by atoms with Crippen LogP contribution in [-0.4, -0.2) is 97.9 Å². The summed E-state index contributed by atoms with van der Waals surface area (Å²) in [6.07, 6.45) is 2.28. The number of hydrogen-bond donors (Lipinski definition) is 0. The van der Waals surface area contributed by atoms with E-state index in [1.165, 1.54) is 0 Å². The number of rotatable bonds is 19. The van der Waals surface area contributed by atoms with Gasteiger partial charge in [-0.25, -0.2) is 19.2 Å². The van der Waals surface area contributed by atoms with E-state index in [1.54, 1.807) is 84.9 Å². The van der Waals surface area contributed by atoms with Gasteiger partial charge in [0.15, 0.2) is 24.8 Å². The van der Waals surface area contributed by atoms with Gasteiger partial charge in [0.05, 0.1) is 47.2 Å². The molecule has 14 nitrogen and oxygen atoms in total. The molecule has 2 aliphatic heterocycles. The summed E-state index contributed by atoms with van der Waals surface area (Å²) in [6.45, 7) is 16.8. The van der Waals surface area contributed by atoms with Crippen LogP contribution in [0.1, 0.15) is 161 Å². The molecule has 20 atom stereocenters. The van der Waals surface area contributed by atoms with Crippen LogP contribution in [0.5, 0.6) is 0 Å². The summed E-state index contributed by atoms with van der Waals surface area (Å²) in [4.78, 5) is 82.5. The van der Waals surface area contributed by atoms with E-state index in [9.17, 15) is 28.8 Å². The van der Waals surface area contributed by atoms with Crippen LogP contribution < -0.4 is 0 Å². The predicted molar refractivity (Wildman–Crippen MR) is 313 cm³/mol.